The van der Waals surface area contributed by atoms with Gasteiger partial charge in [-0.1, -0.05) is 12.1 Å². The Balaban J connectivity index is 2.61. The van der Waals surface area contributed by atoms with Crippen LogP contribution in [0.2, 0.25) is 0 Å². The van der Waals surface area contributed by atoms with Crippen LogP contribution in [0.4, 0.5) is 10.5 Å². The van der Waals surface area contributed by atoms with Gasteiger partial charge in [-0.25, -0.2) is 4.79 Å². The first-order chi connectivity index (χ1) is 7.78. The number of nitrogens with two attached hydrogens (primary N) is 1. The molecule has 3 N–H and O–H groups in total. The topological polar surface area (TPSA) is 64.3 Å². The van der Waals surface area contributed by atoms with Crippen LogP contribution in [0.1, 0.15) is 39.3 Å². The predicted molar refractivity (Wildman–Crippen MR) is 68.9 cm³/mol. The molecule has 0 aliphatic rings. The van der Waals surface area contributed by atoms with Gasteiger partial charge in [-0.3, -0.25) is 5.32 Å². The Morgan fingerprint density at radius 1 is 1.29 bits per heavy atom. The van der Waals surface area contributed by atoms with Crippen LogP contribution in [0.15, 0.2) is 24.3 Å². The van der Waals surface area contributed by atoms with Crippen LogP contribution in [0.25, 0.3) is 0 Å². The average molecular weight is 236 g/mol. The van der Waals surface area contributed by atoms with E-state index in [0.717, 1.165) is 5.56 Å². The van der Waals surface area contributed by atoms with Crippen molar-refractivity contribution in [1.82, 2.24) is 0 Å². The molecule has 94 valence electrons. The Morgan fingerprint density at radius 2 is 1.82 bits per heavy atom. The molecule has 0 aromatic heterocycles. The first-order valence-electron chi connectivity index (χ1n) is 5.63. The van der Waals surface area contributed by atoms with Crippen molar-refractivity contribution in [3.63, 3.8) is 0 Å². The minimum absolute atomic E-state index is 0.00873. The molecule has 0 saturated carbocycles. The number of benzene rings is 1. The van der Waals surface area contributed by atoms with Crippen molar-refractivity contribution in [3.8, 4) is 0 Å². The van der Waals surface area contributed by atoms with Crippen LogP contribution < -0.4 is 11.1 Å². The molecule has 0 aliphatic heterocycles. The van der Waals surface area contributed by atoms with Gasteiger partial charge in [0.05, 0.1) is 0 Å². The standard InChI is InChI=1S/C13H20N2O2/c1-9(14)10-5-7-11(8-6-10)15-12(16)17-13(2,3)4/h5-9H,14H2,1-4H3,(H,15,16)/t9-/m1/s1. The highest BCUT2D eigenvalue weighted by molar-refractivity contribution is 5.84. The van der Waals surface area contributed by atoms with Gasteiger partial charge in [0.1, 0.15) is 5.60 Å². The third-order valence-corrected chi connectivity index (χ3v) is 2.08. The summed E-state index contributed by atoms with van der Waals surface area (Å²) in [5.74, 6) is 0. The summed E-state index contributed by atoms with van der Waals surface area (Å²) < 4.78 is 5.14. The fourth-order valence-corrected chi connectivity index (χ4v) is 1.29. The van der Waals surface area contributed by atoms with Gasteiger partial charge in [0.15, 0.2) is 0 Å². The van der Waals surface area contributed by atoms with Crippen molar-refractivity contribution in [2.75, 3.05) is 5.32 Å². The number of carbonyl (C=O) groups is 1. The molecule has 1 rings (SSSR count). The molecule has 0 aliphatic carbocycles. The lowest BCUT2D eigenvalue weighted by atomic mass is 10.1. The van der Waals surface area contributed by atoms with Crippen molar-refractivity contribution in [3.05, 3.63) is 29.8 Å². The van der Waals surface area contributed by atoms with Gasteiger partial charge >= 0.3 is 6.09 Å². The highest BCUT2D eigenvalue weighted by Crippen LogP contribution is 2.15. The van der Waals surface area contributed by atoms with Crippen molar-refractivity contribution < 1.29 is 9.53 Å². The molecule has 1 atom stereocenters. The van der Waals surface area contributed by atoms with Gasteiger partial charge < -0.3 is 10.5 Å². The van der Waals surface area contributed by atoms with Gasteiger partial charge in [0.2, 0.25) is 0 Å². The van der Waals surface area contributed by atoms with E-state index in [1.54, 1.807) is 0 Å². The Bertz CT molecular complexity index is 377. The zero-order chi connectivity index (χ0) is 13.1. The van der Waals surface area contributed by atoms with E-state index in [1.807, 2.05) is 52.0 Å². The Morgan fingerprint density at radius 3 is 2.24 bits per heavy atom. The maximum absolute atomic E-state index is 11.5. The van der Waals surface area contributed by atoms with Gasteiger partial charge in [-0.05, 0) is 45.4 Å². The summed E-state index contributed by atoms with van der Waals surface area (Å²) in [4.78, 5) is 11.5. The minimum Gasteiger partial charge on any atom is -0.444 e. The fourth-order valence-electron chi connectivity index (χ4n) is 1.29. The number of hydrogen-bond acceptors (Lipinski definition) is 3. The number of anilines is 1. The SMILES string of the molecule is C[C@@H](N)c1ccc(NC(=O)OC(C)(C)C)cc1. The number of carbonyl (C=O) groups excluding carboxylic acids is 1. The number of rotatable bonds is 2. The van der Waals surface area contributed by atoms with Gasteiger partial charge in [0.25, 0.3) is 0 Å². The van der Waals surface area contributed by atoms with E-state index < -0.39 is 11.7 Å². The monoisotopic (exact) mass is 236 g/mol. The van der Waals surface area contributed by atoms with Crippen LogP contribution in [0, 0.1) is 0 Å². The molecule has 17 heavy (non-hydrogen) atoms. The summed E-state index contributed by atoms with van der Waals surface area (Å²) in [5, 5.41) is 2.66. The van der Waals surface area contributed by atoms with Crippen LogP contribution >= 0.6 is 0 Å². The maximum atomic E-state index is 11.5. The molecule has 1 aromatic carbocycles. The number of hydrogen-bond donors (Lipinski definition) is 2. The zero-order valence-electron chi connectivity index (χ0n) is 10.8. The largest absolute Gasteiger partial charge is 0.444 e. The van der Waals surface area contributed by atoms with Crippen molar-refractivity contribution in [2.45, 2.75) is 39.3 Å². The fraction of sp³-hybridized carbons (Fsp3) is 0.462. The van der Waals surface area contributed by atoms with Crippen LogP contribution in [0.3, 0.4) is 0 Å². The van der Waals surface area contributed by atoms with Gasteiger partial charge in [-0.2, -0.15) is 0 Å². The van der Waals surface area contributed by atoms with Gasteiger partial charge in [0, 0.05) is 11.7 Å². The summed E-state index contributed by atoms with van der Waals surface area (Å²) >= 11 is 0. The molecule has 4 nitrogen and oxygen atoms in total. The minimum atomic E-state index is -0.490. The zero-order valence-corrected chi connectivity index (χ0v) is 10.8. The van der Waals surface area contributed by atoms with Crippen molar-refractivity contribution in [1.29, 1.82) is 0 Å². The number of ether oxygens (including phenoxy) is 1. The molecular weight excluding hydrogens is 216 g/mol. The summed E-state index contributed by atoms with van der Waals surface area (Å²) in [6.07, 6.45) is -0.453. The van der Waals surface area contributed by atoms with E-state index in [-0.39, 0.29) is 6.04 Å². The first-order valence-corrected chi connectivity index (χ1v) is 5.63. The molecule has 0 bridgehead atoms. The highest BCUT2D eigenvalue weighted by Gasteiger charge is 2.16. The Labute approximate surface area is 102 Å². The summed E-state index contributed by atoms with van der Waals surface area (Å²) in [7, 11) is 0. The molecular formula is C13H20N2O2. The molecule has 0 unspecified atom stereocenters. The summed E-state index contributed by atoms with van der Waals surface area (Å²) in [6.45, 7) is 7.39. The first kappa shape index (κ1) is 13.5. The second-order valence-corrected chi connectivity index (χ2v) is 5.04. The molecule has 4 heteroatoms. The third-order valence-electron chi connectivity index (χ3n) is 2.08. The second-order valence-electron chi connectivity index (χ2n) is 5.04. The molecule has 0 spiro atoms. The van der Waals surface area contributed by atoms with Crippen LogP contribution in [-0.2, 0) is 4.74 Å². The number of amides is 1. The second kappa shape index (κ2) is 5.19. The lowest BCUT2D eigenvalue weighted by Gasteiger charge is -2.19. The van der Waals surface area contributed by atoms with E-state index >= 15 is 0 Å². The Kier molecular flexibility index (Phi) is 4.12. The van der Waals surface area contributed by atoms with E-state index in [2.05, 4.69) is 5.32 Å². The van der Waals surface area contributed by atoms with Crippen molar-refractivity contribution in [2.24, 2.45) is 5.73 Å². The molecule has 0 heterocycles. The van der Waals surface area contributed by atoms with E-state index in [9.17, 15) is 4.79 Å². The van der Waals surface area contributed by atoms with Crippen molar-refractivity contribution >= 4 is 11.8 Å². The summed E-state index contributed by atoms with van der Waals surface area (Å²) in [5.41, 5.74) is 6.97. The average Bonchev–Trinajstić information content (AvgIpc) is 2.15. The quantitative estimate of drug-likeness (QED) is 0.829. The van der Waals surface area contributed by atoms with E-state index in [0.29, 0.717) is 5.69 Å². The summed E-state index contributed by atoms with van der Waals surface area (Å²) in [6, 6.07) is 7.38. The molecule has 0 fully saturated rings. The molecule has 0 radical (unpaired) electrons. The lowest BCUT2D eigenvalue weighted by Crippen LogP contribution is -2.27. The van der Waals surface area contributed by atoms with E-state index in [1.165, 1.54) is 0 Å². The van der Waals surface area contributed by atoms with E-state index in [4.69, 9.17) is 10.5 Å². The number of nitrogens with one attached hydrogen (secondary N) is 1. The normalized spacial score (nSPS) is 13.0. The Hall–Kier alpha value is -1.55. The molecule has 1 amide bonds. The van der Waals surface area contributed by atoms with Gasteiger partial charge in [-0.15, -0.1) is 0 Å². The molecule has 1 aromatic rings. The van der Waals surface area contributed by atoms with Crippen LogP contribution in [-0.4, -0.2) is 11.7 Å². The van der Waals surface area contributed by atoms with Crippen LogP contribution in [0.5, 0.6) is 0 Å². The highest BCUT2D eigenvalue weighted by atomic mass is 16.6. The maximum Gasteiger partial charge on any atom is 0.412 e. The predicted octanol–water partition coefficient (Wildman–Crippen LogP) is 3.05. The third kappa shape index (κ3) is 4.87. The molecule has 0 saturated heterocycles. The lowest BCUT2D eigenvalue weighted by molar-refractivity contribution is 0.0636. The smallest absolute Gasteiger partial charge is 0.412 e.